The first-order valence-electron chi connectivity index (χ1n) is 6.16. The Morgan fingerprint density at radius 3 is 2.11 bits per heavy atom. The van der Waals surface area contributed by atoms with Gasteiger partial charge in [-0.15, -0.1) is 0 Å². The Morgan fingerprint density at radius 2 is 1.50 bits per heavy atom. The first-order chi connectivity index (χ1) is 8.78. The van der Waals surface area contributed by atoms with Gasteiger partial charge in [0.05, 0.1) is 13.2 Å². The second-order valence-electron chi connectivity index (χ2n) is 4.39. The highest BCUT2D eigenvalue weighted by Crippen LogP contribution is 2.13. The summed E-state index contributed by atoms with van der Waals surface area (Å²) in [5.74, 6) is 0.847. The molecule has 2 aromatic carbocycles. The van der Waals surface area contributed by atoms with E-state index in [1.54, 1.807) is 0 Å². The van der Waals surface area contributed by atoms with Crippen LogP contribution in [-0.2, 0) is 13.0 Å². The van der Waals surface area contributed by atoms with E-state index < -0.39 is 0 Å². The van der Waals surface area contributed by atoms with Crippen LogP contribution in [0.2, 0.25) is 0 Å². The molecule has 0 amide bonds. The van der Waals surface area contributed by atoms with Gasteiger partial charge in [0.2, 0.25) is 0 Å². The molecule has 94 valence electrons. The van der Waals surface area contributed by atoms with Gasteiger partial charge < -0.3 is 9.84 Å². The smallest absolute Gasteiger partial charge is 0.119 e. The minimum Gasteiger partial charge on any atom is -0.493 e. The van der Waals surface area contributed by atoms with Gasteiger partial charge >= 0.3 is 0 Å². The third-order valence-electron chi connectivity index (χ3n) is 2.89. The van der Waals surface area contributed by atoms with E-state index in [1.807, 2.05) is 24.3 Å². The molecule has 0 saturated carbocycles. The zero-order valence-corrected chi connectivity index (χ0v) is 10.6. The number of rotatable bonds is 5. The Bertz CT molecular complexity index is 471. The standard InChI is InChI=1S/C16H18O2/c1-13-2-4-14(5-3-13)10-11-18-16-8-6-15(12-17)7-9-16/h2-9,17H,10-12H2,1H3. The van der Waals surface area contributed by atoms with Gasteiger partial charge in [-0.3, -0.25) is 0 Å². The summed E-state index contributed by atoms with van der Waals surface area (Å²) in [6, 6.07) is 16.0. The lowest BCUT2D eigenvalue weighted by atomic mass is 10.1. The van der Waals surface area contributed by atoms with E-state index in [2.05, 4.69) is 31.2 Å². The van der Waals surface area contributed by atoms with Crippen LogP contribution < -0.4 is 4.74 Å². The molecule has 0 aliphatic rings. The van der Waals surface area contributed by atoms with Crippen LogP contribution in [0, 0.1) is 6.92 Å². The highest BCUT2D eigenvalue weighted by atomic mass is 16.5. The van der Waals surface area contributed by atoms with Crippen LogP contribution in [0.4, 0.5) is 0 Å². The van der Waals surface area contributed by atoms with Gasteiger partial charge in [-0.2, -0.15) is 0 Å². The number of hydrogen-bond donors (Lipinski definition) is 1. The van der Waals surface area contributed by atoms with Crippen LogP contribution >= 0.6 is 0 Å². The SMILES string of the molecule is Cc1ccc(CCOc2ccc(CO)cc2)cc1. The summed E-state index contributed by atoms with van der Waals surface area (Å²) >= 11 is 0. The first kappa shape index (κ1) is 12.7. The van der Waals surface area contributed by atoms with E-state index in [9.17, 15) is 0 Å². The molecule has 0 bridgehead atoms. The minimum atomic E-state index is 0.0731. The number of ether oxygens (including phenoxy) is 1. The molecular formula is C16H18O2. The fraction of sp³-hybridized carbons (Fsp3) is 0.250. The zero-order chi connectivity index (χ0) is 12.8. The lowest BCUT2D eigenvalue weighted by Gasteiger charge is -2.07. The first-order valence-corrected chi connectivity index (χ1v) is 6.16. The van der Waals surface area contributed by atoms with Crippen molar-refractivity contribution in [2.45, 2.75) is 20.0 Å². The Labute approximate surface area is 108 Å². The third kappa shape index (κ3) is 3.60. The van der Waals surface area contributed by atoms with Crippen molar-refractivity contribution in [2.24, 2.45) is 0 Å². The fourth-order valence-corrected chi connectivity index (χ4v) is 1.73. The van der Waals surface area contributed by atoms with Crippen LogP contribution in [0.3, 0.4) is 0 Å². The second-order valence-corrected chi connectivity index (χ2v) is 4.39. The van der Waals surface area contributed by atoms with E-state index in [0.29, 0.717) is 6.61 Å². The largest absolute Gasteiger partial charge is 0.493 e. The Morgan fingerprint density at radius 1 is 0.889 bits per heavy atom. The molecule has 2 heteroatoms. The Hall–Kier alpha value is -1.80. The molecule has 0 spiro atoms. The normalized spacial score (nSPS) is 10.3. The zero-order valence-electron chi connectivity index (χ0n) is 10.6. The van der Waals surface area contributed by atoms with Crippen molar-refractivity contribution in [3.8, 4) is 5.75 Å². The molecule has 0 aliphatic heterocycles. The van der Waals surface area contributed by atoms with Crippen molar-refractivity contribution in [3.05, 3.63) is 65.2 Å². The summed E-state index contributed by atoms with van der Waals surface area (Å²) in [6.45, 7) is 2.83. The quantitative estimate of drug-likeness (QED) is 0.873. The van der Waals surface area contributed by atoms with Crippen molar-refractivity contribution in [2.75, 3.05) is 6.61 Å². The number of aryl methyl sites for hydroxylation is 1. The van der Waals surface area contributed by atoms with Gasteiger partial charge in [0.15, 0.2) is 0 Å². The Balaban J connectivity index is 1.82. The highest BCUT2D eigenvalue weighted by Gasteiger charge is 1.96. The molecule has 0 saturated heterocycles. The summed E-state index contributed by atoms with van der Waals surface area (Å²) in [7, 11) is 0. The number of benzene rings is 2. The highest BCUT2D eigenvalue weighted by molar-refractivity contribution is 5.27. The van der Waals surface area contributed by atoms with Gasteiger partial charge in [-0.05, 0) is 30.2 Å². The molecule has 2 nitrogen and oxygen atoms in total. The average molecular weight is 242 g/mol. The predicted molar refractivity (Wildman–Crippen MR) is 72.7 cm³/mol. The third-order valence-corrected chi connectivity index (χ3v) is 2.89. The maximum absolute atomic E-state index is 8.93. The molecule has 0 unspecified atom stereocenters. The molecule has 0 heterocycles. The van der Waals surface area contributed by atoms with Crippen molar-refractivity contribution in [3.63, 3.8) is 0 Å². The fourth-order valence-electron chi connectivity index (χ4n) is 1.73. The molecule has 18 heavy (non-hydrogen) atoms. The van der Waals surface area contributed by atoms with Crippen molar-refractivity contribution in [1.29, 1.82) is 0 Å². The van der Waals surface area contributed by atoms with Gasteiger partial charge in [0, 0.05) is 6.42 Å². The molecule has 0 aliphatic carbocycles. The van der Waals surface area contributed by atoms with E-state index in [4.69, 9.17) is 9.84 Å². The maximum Gasteiger partial charge on any atom is 0.119 e. The molecule has 0 aromatic heterocycles. The van der Waals surface area contributed by atoms with Crippen LogP contribution in [0.5, 0.6) is 5.75 Å². The van der Waals surface area contributed by atoms with Gasteiger partial charge in [-0.1, -0.05) is 42.0 Å². The average Bonchev–Trinajstić information content (AvgIpc) is 2.42. The lowest BCUT2D eigenvalue weighted by molar-refractivity contribution is 0.281. The van der Waals surface area contributed by atoms with Crippen molar-refractivity contribution in [1.82, 2.24) is 0 Å². The Kier molecular flexibility index (Phi) is 4.37. The van der Waals surface area contributed by atoms with Crippen molar-refractivity contribution < 1.29 is 9.84 Å². The molecule has 0 radical (unpaired) electrons. The second kappa shape index (κ2) is 6.22. The molecule has 0 atom stereocenters. The van der Waals surface area contributed by atoms with Crippen LogP contribution in [0.1, 0.15) is 16.7 Å². The molecule has 2 rings (SSSR count). The van der Waals surface area contributed by atoms with Gasteiger partial charge in [-0.25, -0.2) is 0 Å². The number of aliphatic hydroxyl groups is 1. The lowest BCUT2D eigenvalue weighted by Crippen LogP contribution is -2.01. The van der Waals surface area contributed by atoms with E-state index in [-0.39, 0.29) is 6.61 Å². The summed E-state index contributed by atoms with van der Waals surface area (Å²) in [5, 5.41) is 8.93. The van der Waals surface area contributed by atoms with Crippen LogP contribution in [0.15, 0.2) is 48.5 Å². The minimum absolute atomic E-state index is 0.0731. The number of hydrogen-bond acceptors (Lipinski definition) is 2. The van der Waals surface area contributed by atoms with Gasteiger partial charge in [0.25, 0.3) is 0 Å². The summed E-state index contributed by atoms with van der Waals surface area (Å²) in [6.07, 6.45) is 0.905. The van der Waals surface area contributed by atoms with Crippen LogP contribution in [0.25, 0.3) is 0 Å². The molecule has 2 aromatic rings. The summed E-state index contributed by atoms with van der Waals surface area (Å²) in [5.41, 5.74) is 3.47. The van der Waals surface area contributed by atoms with Crippen LogP contribution in [-0.4, -0.2) is 11.7 Å². The predicted octanol–water partition coefficient (Wildman–Crippen LogP) is 3.11. The molecule has 0 fully saturated rings. The monoisotopic (exact) mass is 242 g/mol. The van der Waals surface area contributed by atoms with E-state index >= 15 is 0 Å². The van der Waals surface area contributed by atoms with E-state index in [1.165, 1.54) is 11.1 Å². The summed E-state index contributed by atoms with van der Waals surface area (Å²) < 4.78 is 5.66. The maximum atomic E-state index is 8.93. The molecular weight excluding hydrogens is 224 g/mol. The summed E-state index contributed by atoms with van der Waals surface area (Å²) in [4.78, 5) is 0. The topological polar surface area (TPSA) is 29.5 Å². The van der Waals surface area contributed by atoms with E-state index in [0.717, 1.165) is 17.7 Å². The van der Waals surface area contributed by atoms with Crippen molar-refractivity contribution >= 4 is 0 Å². The van der Waals surface area contributed by atoms with Gasteiger partial charge in [0.1, 0.15) is 5.75 Å². The number of aliphatic hydroxyl groups excluding tert-OH is 1. The molecule has 1 N–H and O–H groups in total.